The number of likely N-dealkylation sites (tertiary alicyclic amines) is 1. The number of hydrogen-bond donors (Lipinski definition) is 2. The third kappa shape index (κ3) is 4.97. The summed E-state index contributed by atoms with van der Waals surface area (Å²) < 4.78 is 6.01. The van der Waals surface area contributed by atoms with Crippen LogP contribution in [0.15, 0.2) is 48.5 Å². The molecule has 2 aromatic carbocycles. The molecule has 7 heteroatoms. The van der Waals surface area contributed by atoms with E-state index in [9.17, 15) is 9.90 Å². The van der Waals surface area contributed by atoms with Crippen LogP contribution >= 0.6 is 23.2 Å². The third-order valence-corrected chi connectivity index (χ3v) is 6.30. The molecule has 29 heavy (non-hydrogen) atoms. The number of amides is 1. The first-order valence-corrected chi connectivity index (χ1v) is 10.6. The Morgan fingerprint density at radius 1 is 1.07 bits per heavy atom. The van der Waals surface area contributed by atoms with Crippen LogP contribution in [0.5, 0.6) is 5.75 Å². The first-order valence-electron chi connectivity index (χ1n) is 9.85. The van der Waals surface area contributed by atoms with Crippen molar-refractivity contribution in [1.29, 1.82) is 0 Å². The molecule has 1 saturated heterocycles. The van der Waals surface area contributed by atoms with Crippen molar-refractivity contribution in [3.8, 4) is 5.75 Å². The molecular weight excluding hydrogens is 411 g/mol. The van der Waals surface area contributed by atoms with Gasteiger partial charge in [0, 0.05) is 28.8 Å². The second kappa shape index (κ2) is 8.82. The number of hydrogen-bond acceptors (Lipinski definition) is 4. The topological polar surface area (TPSA) is 61.8 Å². The predicted octanol–water partition coefficient (Wildman–Crippen LogP) is 4.08. The smallest absolute Gasteiger partial charge is 0.241 e. The zero-order valence-corrected chi connectivity index (χ0v) is 17.4. The number of halogens is 2. The minimum atomic E-state index is -0.544. The average molecular weight is 435 g/mol. The number of benzene rings is 2. The Bertz CT molecular complexity index is 861. The van der Waals surface area contributed by atoms with Gasteiger partial charge in [-0.25, -0.2) is 0 Å². The molecule has 0 unspecified atom stereocenters. The van der Waals surface area contributed by atoms with Gasteiger partial charge in [0.1, 0.15) is 11.9 Å². The van der Waals surface area contributed by atoms with E-state index in [0.717, 1.165) is 12.1 Å². The number of rotatable bonds is 5. The summed E-state index contributed by atoms with van der Waals surface area (Å²) in [7, 11) is 0. The van der Waals surface area contributed by atoms with Crippen LogP contribution in [0.1, 0.15) is 12.8 Å². The molecule has 1 aliphatic heterocycles. The van der Waals surface area contributed by atoms with Gasteiger partial charge in [-0.15, -0.1) is 0 Å². The van der Waals surface area contributed by atoms with Gasteiger partial charge in [-0.1, -0.05) is 29.3 Å². The summed E-state index contributed by atoms with van der Waals surface area (Å²) in [6, 6.07) is 14.5. The zero-order chi connectivity index (χ0) is 20.4. The number of aliphatic hydroxyl groups is 1. The summed E-state index contributed by atoms with van der Waals surface area (Å²) in [6.07, 6.45) is 0.547. The fourth-order valence-electron chi connectivity index (χ4n) is 4.29. The summed E-state index contributed by atoms with van der Waals surface area (Å²) in [5, 5.41) is 15.0. The van der Waals surface area contributed by atoms with Crippen molar-refractivity contribution >= 4 is 34.8 Å². The highest BCUT2D eigenvalue weighted by Gasteiger charge is 2.43. The minimum Gasteiger partial charge on any atom is -0.488 e. The highest BCUT2D eigenvalue weighted by atomic mass is 35.5. The Morgan fingerprint density at radius 2 is 1.79 bits per heavy atom. The number of nitrogens with one attached hydrogen (secondary N) is 1. The summed E-state index contributed by atoms with van der Waals surface area (Å²) in [5.74, 6) is 1.38. The maximum atomic E-state index is 12.6. The Kier molecular flexibility index (Phi) is 6.18. The number of aliphatic hydroxyl groups excluding tert-OH is 1. The number of fused-ring (bicyclic) bond motifs is 1. The lowest BCUT2D eigenvalue weighted by Gasteiger charge is -2.35. The second-order valence-electron chi connectivity index (χ2n) is 7.83. The van der Waals surface area contributed by atoms with Crippen molar-refractivity contribution in [2.24, 2.45) is 11.8 Å². The molecule has 154 valence electrons. The summed E-state index contributed by atoms with van der Waals surface area (Å²) in [6.45, 7) is 1.63. The number of anilines is 1. The maximum absolute atomic E-state index is 12.6. The molecule has 1 amide bonds. The van der Waals surface area contributed by atoms with E-state index in [-0.39, 0.29) is 18.6 Å². The molecule has 4 rings (SSSR count). The summed E-state index contributed by atoms with van der Waals surface area (Å²) >= 11 is 11.9. The van der Waals surface area contributed by atoms with Gasteiger partial charge in [0.2, 0.25) is 5.91 Å². The lowest BCUT2D eigenvalue weighted by Crippen LogP contribution is -2.42. The van der Waals surface area contributed by atoms with Crippen molar-refractivity contribution < 1.29 is 14.6 Å². The van der Waals surface area contributed by atoms with E-state index in [1.165, 1.54) is 0 Å². The lowest BCUT2D eigenvalue weighted by atomic mass is 9.78. The van der Waals surface area contributed by atoms with Crippen LogP contribution in [-0.4, -0.2) is 47.8 Å². The van der Waals surface area contributed by atoms with Crippen molar-refractivity contribution in [2.75, 3.05) is 25.0 Å². The molecule has 0 radical (unpaired) electrons. The standard InChI is InChI=1S/C22H24Cl2N2O3/c23-16-4-6-18(7-5-16)25-11-22(28)26-12-14-8-20(27)21(9-15(14)13-26)29-19-3-1-2-17(24)10-19/h1-7,10,14-15,20-21,25,27H,8-9,11-13H2/t14-,15+,20+,21+/m0/s1. The fourth-order valence-corrected chi connectivity index (χ4v) is 4.60. The van der Waals surface area contributed by atoms with Gasteiger partial charge >= 0.3 is 0 Å². The highest BCUT2D eigenvalue weighted by Crippen LogP contribution is 2.38. The molecule has 2 aromatic rings. The molecule has 1 aliphatic carbocycles. The molecule has 1 heterocycles. The molecule has 1 saturated carbocycles. The number of carbonyl (C=O) groups is 1. The van der Waals surface area contributed by atoms with Crippen molar-refractivity contribution in [1.82, 2.24) is 4.90 Å². The van der Waals surface area contributed by atoms with E-state index in [0.29, 0.717) is 47.1 Å². The van der Waals surface area contributed by atoms with Gasteiger partial charge in [0.15, 0.2) is 0 Å². The van der Waals surface area contributed by atoms with Crippen LogP contribution in [0.3, 0.4) is 0 Å². The van der Waals surface area contributed by atoms with Gasteiger partial charge in [-0.2, -0.15) is 0 Å². The Labute approximate surface area is 180 Å². The van der Waals surface area contributed by atoms with Gasteiger partial charge < -0.3 is 20.1 Å². The predicted molar refractivity (Wildman–Crippen MR) is 115 cm³/mol. The third-order valence-electron chi connectivity index (χ3n) is 5.81. The van der Waals surface area contributed by atoms with E-state index in [2.05, 4.69) is 5.32 Å². The molecular formula is C22H24Cl2N2O3. The van der Waals surface area contributed by atoms with Crippen LogP contribution in [0.4, 0.5) is 5.69 Å². The van der Waals surface area contributed by atoms with Crippen LogP contribution in [0, 0.1) is 11.8 Å². The molecule has 0 bridgehead atoms. The normalized spacial score (nSPS) is 26.1. The molecule has 2 N–H and O–H groups in total. The Morgan fingerprint density at radius 3 is 2.52 bits per heavy atom. The SMILES string of the molecule is O=C(CNc1ccc(Cl)cc1)N1C[C@H]2C[C@@H](Oc3cccc(Cl)c3)[C@H](O)C[C@H]2C1. The molecule has 2 fully saturated rings. The van der Waals surface area contributed by atoms with E-state index in [1.807, 2.05) is 29.2 Å². The van der Waals surface area contributed by atoms with E-state index >= 15 is 0 Å². The van der Waals surface area contributed by atoms with E-state index in [4.69, 9.17) is 27.9 Å². The molecule has 2 aliphatic rings. The molecule has 4 atom stereocenters. The number of nitrogens with zero attached hydrogens (tertiary/aromatic N) is 1. The van der Waals surface area contributed by atoms with Gasteiger partial charge in [-0.3, -0.25) is 4.79 Å². The van der Waals surface area contributed by atoms with Crippen LogP contribution < -0.4 is 10.1 Å². The van der Waals surface area contributed by atoms with Gasteiger partial charge in [0.05, 0.1) is 12.6 Å². The average Bonchev–Trinajstić information content (AvgIpc) is 3.10. The lowest BCUT2D eigenvalue weighted by molar-refractivity contribution is -0.128. The number of carbonyl (C=O) groups excluding carboxylic acids is 1. The summed E-state index contributed by atoms with van der Waals surface area (Å²) in [4.78, 5) is 14.5. The van der Waals surface area contributed by atoms with Crippen molar-refractivity contribution in [3.63, 3.8) is 0 Å². The van der Waals surface area contributed by atoms with Gasteiger partial charge in [-0.05, 0) is 67.1 Å². The van der Waals surface area contributed by atoms with E-state index < -0.39 is 6.10 Å². The highest BCUT2D eigenvalue weighted by molar-refractivity contribution is 6.30. The van der Waals surface area contributed by atoms with Crippen LogP contribution in [-0.2, 0) is 4.79 Å². The molecule has 0 spiro atoms. The molecule has 5 nitrogen and oxygen atoms in total. The van der Waals surface area contributed by atoms with Crippen LogP contribution in [0.25, 0.3) is 0 Å². The van der Waals surface area contributed by atoms with Gasteiger partial charge in [0.25, 0.3) is 0 Å². The summed E-state index contributed by atoms with van der Waals surface area (Å²) in [5.41, 5.74) is 0.866. The minimum absolute atomic E-state index is 0.0659. The quantitative estimate of drug-likeness (QED) is 0.743. The monoisotopic (exact) mass is 434 g/mol. The second-order valence-corrected chi connectivity index (χ2v) is 8.70. The Hall–Kier alpha value is -1.95. The van der Waals surface area contributed by atoms with Crippen LogP contribution in [0.2, 0.25) is 10.0 Å². The first kappa shape index (κ1) is 20.3. The van der Waals surface area contributed by atoms with Crippen molar-refractivity contribution in [2.45, 2.75) is 25.0 Å². The Balaban J connectivity index is 1.32. The van der Waals surface area contributed by atoms with E-state index in [1.54, 1.807) is 24.3 Å². The maximum Gasteiger partial charge on any atom is 0.241 e. The van der Waals surface area contributed by atoms with Crippen molar-refractivity contribution in [3.05, 3.63) is 58.6 Å². The largest absolute Gasteiger partial charge is 0.488 e. The molecule has 0 aromatic heterocycles. The zero-order valence-electron chi connectivity index (χ0n) is 15.9. The number of ether oxygens (including phenoxy) is 1. The first-order chi connectivity index (χ1) is 14.0. The fraction of sp³-hybridized carbons (Fsp3) is 0.409.